The van der Waals surface area contributed by atoms with Gasteiger partial charge in [-0.25, -0.2) is 0 Å². The van der Waals surface area contributed by atoms with Gasteiger partial charge in [-0.1, -0.05) is 0 Å². The van der Waals surface area contributed by atoms with Crippen LogP contribution in [0.15, 0.2) is 0 Å². The molecule has 1 heterocycles. The first-order chi connectivity index (χ1) is 7.19. The maximum Gasteiger partial charge on any atom is 0.219 e. The highest BCUT2D eigenvalue weighted by Gasteiger charge is 2.53. The number of aliphatic hydroxyl groups excluding tert-OH is 3. The van der Waals surface area contributed by atoms with Gasteiger partial charge in [0.2, 0.25) is 5.79 Å². The Morgan fingerprint density at radius 3 is 2.38 bits per heavy atom. The van der Waals surface area contributed by atoms with Crippen LogP contribution in [0, 0.1) is 0 Å². The van der Waals surface area contributed by atoms with Gasteiger partial charge < -0.3 is 44.0 Å². The predicted octanol–water partition coefficient (Wildman–Crippen LogP) is -4.37. The van der Waals surface area contributed by atoms with E-state index in [1.807, 2.05) is 0 Å². The lowest BCUT2D eigenvalue weighted by molar-refractivity contribution is -0.344. The summed E-state index contributed by atoms with van der Waals surface area (Å²) in [5.74, 6) is -2.40. The molecule has 4 atom stereocenters. The van der Waals surface area contributed by atoms with Crippen molar-refractivity contribution in [3.8, 4) is 0 Å². The zero-order valence-electron chi connectivity index (χ0n) is 7.92. The van der Waals surface area contributed by atoms with Gasteiger partial charge in [-0.3, -0.25) is 0 Å². The second kappa shape index (κ2) is 4.65. The normalized spacial score (nSPS) is 40.2. The number of aliphatic hydroxyl groups is 4. The molecule has 10 heteroatoms. The Morgan fingerprint density at radius 2 is 2.00 bits per heavy atom. The summed E-state index contributed by atoms with van der Waals surface area (Å²) in [6.45, 7) is -1.86. The predicted molar refractivity (Wildman–Crippen MR) is 42.5 cm³/mol. The van der Waals surface area contributed by atoms with Crippen molar-refractivity contribution >= 4 is 7.82 Å². The smallest absolute Gasteiger partial charge is 0.219 e. The SMILES string of the molecule is O=P([O-])([O-])OC[C@H]1O[C@@](O)(CO)[C@@H](O)[C@@H]1O. The summed E-state index contributed by atoms with van der Waals surface area (Å²) in [6, 6.07) is 0. The lowest BCUT2D eigenvalue weighted by Crippen LogP contribution is -2.46. The Hall–Kier alpha value is -0.0900. The van der Waals surface area contributed by atoms with Gasteiger partial charge in [0.05, 0.1) is 21.0 Å². The summed E-state index contributed by atoms with van der Waals surface area (Å²) in [7, 11) is -5.23. The Kier molecular flexibility index (Phi) is 4.06. The minimum atomic E-state index is -5.23. The molecule has 96 valence electrons. The molecule has 1 fully saturated rings. The Bertz CT molecular complexity index is 290. The number of rotatable bonds is 4. The molecule has 1 saturated heterocycles. The molecule has 4 N–H and O–H groups in total. The molecule has 0 aliphatic carbocycles. The molecule has 0 aromatic rings. The van der Waals surface area contributed by atoms with Crippen LogP contribution in [0.25, 0.3) is 0 Å². The highest BCUT2D eigenvalue weighted by atomic mass is 31.2. The lowest BCUT2D eigenvalue weighted by Gasteiger charge is -2.30. The first kappa shape index (κ1) is 14.0. The summed E-state index contributed by atoms with van der Waals surface area (Å²) >= 11 is 0. The summed E-state index contributed by atoms with van der Waals surface area (Å²) in [5, 5.41) is 36.6. The van der Waals surface area contributed by atoms with Crippen molar-refractivity contribution < 1.29 is 44.0 Å². The standard InChI is InChI=1S/C6H13O9P/c7-2-6(10)5(9)4(8)3(15-6)1-14-16(11,12)13/h3-5,7-10H,1-2H2,(H2,11,12,13)/p-2/t3-,4-,5+,6+/m1/s1. The molecule has 0 saturated carbocycles. The van der Waals surface area contributed by atoms with Crippen LogP contribution in [-0.2, 0) is 13.8 Å². The van der Waals surface area contributed by atoms with Gasteiger partial charge in [0.15, 0.2) is 0 Å². The van der Waals surface area contributed by atoms with E-state index >= 15 is 0 Å². The van der Waals surface area contributed by atoms with Crippen molar-refractivity contribution in [1.29, 1.82) is 0 Å². The fourth-order valence-electron chi connectivity index (χ4n) is 1.30. The Morgan fingerprint density at radius 1 is 1.44 bits per heavy atom. The van der Waals surface area contributed by atoms with Crippen LogP contribution in [0.1, 0.15) is 0 Å². The minimum absolute atomic E-state index is 0.856. The van der Waals surface area contributed by atoms with E-state index in [1.54, 1.807) is 0 Å². The number of hydrogen-bond acceptors (Lipinski definition) is 9. The van der Waals surface area contributed by atoms with Crippen LogP contribution in [0.4, 0.5) is 0 Å². The second-order valence-corrected chi connectivity index (χ2v) is 4.49. The highest BCUT2D eigenvalue weighted by molar-refractivity contribution is 7.43. The molecular formula is C6H11O9P-2. The molecule has 0 aromatic carbocycles. The lowest BCUT2D eigenvalue weighted by atomic mass is 10.1. The molecule has 0 amide bonds. The maximum atomic E-state index is 10.1. The van der Waals surface area contributed by atoms with Gasteiger partial charge in [-0.2, -0.15) is 0 Å². The zero-order chi connectivity index (χ0) is 12.6. The van der Waals surface area contributed by atoms with Gasteiger partial charge in [-0.05, 0) is 0 Å². The molecule has 0 unspecified atom stereocenters. The van der Waals surface area contributed by atoms with Crippen molar-refractivity contribution in [3.63, 3.8) is 0 Å². The average molecular weight is 258 g/mol. The zero-order valence-corrected chi connectivity index (χ0v) is 8.82. The van der Waals surface area contributed by atoms with E-state index in [0.29, 0.717) is 0 Å². The summed E-state index contributed by atoms with van der Waals surface area (Å²) in [6.07, 6.45) is -4.93. The van der Waals surface area contributed by atoms with Gasteiger partial charge in [0.25, 0.3) is 0 Å². The number of ether oxygens (including phenoxy) is 1. The van der Waals surface area contributed by atoms with Crippen molar-refractivity contribution in [3.05, 3.63) is 0 Å². The van der Waals surface area contributed by atoms with E-state index in [4.69, 9.17) is 5.11 Å². The van der Waals surface area contributed by atoms with E-state index in [9.17, 15) is 29.7 Å². The van der Waals surface area contributed by atoms with Gasteiger partial charge in [-0.15, -0.1) is 0 Å². The van der Waals surface area contributed by atoms with E-state index in [-0.39, 0.29) is 0 Å². The fourth-order valence-corrected chi connectivity index (χ4v) is 1.63. The fraction of sp³-hybridized carbons (Fsp3) is 1.00. The third-order valence-electron chi connectivity index (χ3n) is 2.15. The van der Waals surface area contributed by atoms with E-state index in [2.05, 4.69) is 9.26 Å². The molecule has 0 spiro atoms. The number of phosphoric acid groups is 1. The molecule has 16 heavy (non-hydrogen) atoms. The minimum Gasteiger partial charge on any atom is -0.790 e. The van der Waals surface area contributed by atoms with Gasteiger partial charge in [0.1, 0.15) is 18.3 Å². The van der Waals surface area contributed by atoms with Crippen LogP contribution in [0.3, 0.4) is 0 Å². The molecule has 1 aliphatic rings. The van der Waals surface area contributed by atoms with Crippen molar-refractivity contribution in [1.82, 2.24) is 0 Å². The van der Waals surface area contributed by atoms with Gasteiger partial charge >= 0.3 is 0 Å². The third kappa shape index (κ3) is 2.98. The van der Waals surface area contributed by atoms with Crippen LogP contribution in [0.5, 0.6) is 0 Å². The molecule has 0 aromatic heterocycles. The van der Waals surface area contributed by atoms with E-state index < -0.39 is 45.1 Å². The van der Waals surface area contributed by atoms with E-state index in [1.165, 1.54) is 0 Å². The van der Waals surface area contributed by atoms with Crippen LogP contribution in [0.2, 0.25) is 0 Å². The topological polar surface area (TPSA) is 163 Å². The highest BCUT2D eigenvalue weighted by Crippen LogP contribution is 2.32. The Balaban J connectivity index is 2.61. The summed E-state index contributed by atoms with van der Waals surface area (Å²) in [4.78, 5) is 20.3. The third-order valence-corrected chi connectivity index (χ3v) is 2.61. The number of phosphoric ester groups is 1. The quantitative estimate of drug-likeness (QED) is 0.365. The molecule has 1 aliphatic heterocycles. The maximum absolute atomic E-state index is 10.1. The van der Waals surface area contributed by atoms with Crippen molar-refractivity contribution in [2.24, 2.45) is 0 Å². The average Bonchev–Trinajstić information content (AvgIpc) is 2.40. The van der Waals surface area contributed by atoms with Crippen LogP contribution in [-0.4, -0.2) is 57.7 Å². The summed E-state index contributed by atoms with van der Waals surface area (Å²) < 4.78 is 18.6. The van der Waals surface area contributed by atoms with Gasteiger partial charge in [0, 0.05) is 0 Å². The summed E-state index contributed by atoms with van der Waals surface area (Å²) in [5.41, 5.74) is 0. The molecule has 0 radical (unpaired) electrons. The monoisotopic (exact) mass is 258 g/mol. The largest absolute Gasteiger partial charge is 0.790 e. The first-order valence-corrected chi connectivity index (χ1v) is 5.69. The van der Waals surface area contributed by atoms with Crippen molar-refractivity contribution in [2.45, 2.75) is 24.1 Å². The molecular weight excluding hydrogens is 247 g/mol. The van der Waals surface area contributed by atoms with Crippen molar-refractivity contribution in [2.75, 3.05) is 13.2 Å². The molecule has 0 bridgehead atoms. The number of hydrogen-bond donors (Lipinski definition) is 4. The molecule has 1 rings (SSSR count). The second-order valence-electron chi connectivity index (χ2n) is 3.34. The Labute approximate surface area is 90.1 Å². The molecule has 9 nitrogen and oxygen atoms in total. The first-order valence-electron chi connectivity index (χ1n) is 4.23. The van der Waals surface area contributed by atoms with E-state index in [0.717, 1.165) is 0 Å². The van der Waals surface area contributed by atoms with Crippen LogP contribution >= 0.6 is 7.82 Å². The van der Waals surface area contributed by atoms with Crippen LogP contribution < -0.4 is 9.79 Å².